The lowest BCUT2D eigenvalue weighted by Crippen LogP contribution is -2.21. The third-order valence-electron chi connectivity index (χ3n) is 2.14. The van der Waals surface area contributed by atoms with E-state index < -0.39 is 27.3 Å². The summed E-state index contributed by atoms with van der Waals surface area (Å²) in [6.45, 7) is 0.161. The summed E-state index contributed by atoms with van der Waals surface area (Å²) in [4.78, 5) is 11.3. The zero-order chi connectivity index (χ0) is 13.4. The number of rotatable bonds is 6. The van der Waals surface area contributed by atoms with Crippen molar-refractivity contribution in [1.29, 1.82) is 0 Å². The molecule has 0 aromatic heterocycles. The molecule has 1 aromatic carbocycles. The van der Waals surface area contributed by atoms with Crippen molar-refractivity contribution in [3.8, 4) is 12.3 Å². The normalized spacial score (nSPS) is 10.6. The molecule has 0 heterocycles. The average molecular weight is 266 g/mol. The van der Waals surface area contributed by atoms with E-state index in [1.54, 1.807) is 0 Å². The predicted molar refractivity (Wildman–Crippen MR) is 68.6 cm³/mol. The predicted octanol–water partition coefficient (Wildman–Crippen LogP) is 0.820. The second-order valence-corrected chi connectivity index (χ2v) is 5.76. The molecular weight excluding hydrogens is 252 g/mol. The molecule has 0 spiro atoms. The number of terminal acetylenes is 1. The van der Waals surface area contributed by atoms with Gasteiger partial charge in [0.15, 0.2) is 9.84 Å². The van der Waals surface area contributed by atoms with Crippen LogP contribution in [0.15, 0.2) is 30.3 Å². The van der Waals surface area contributed by atoms with Crippen LogP contribution < -0.4 is 0 Å². The summed E-state index contributed by atoms with van der Waals surface area (Å²) in [6, 6.07) is 9.47. The quantitative estimate of drug-likeness (QED) is 0.565. The maximum absolute atomic E-state index is 11.3. The molecular formula is C13H14O4S. The second-order valence-electron chi connectivity index (χ2n) is 3.69. The van der Waals surface area contributed by atoms with Gasteiger partial charge in [-0.15, -0.1) is 6.42 Å². The van der Waals surface area contributed by atoms with Gasteiger partial charge in [0.05, 0.1) is 6.61 Å². The highest BCUT2D eigenvalue weighted by Gasteiger charge is 2.16. The molecule has 5 heteroatoms. The Balaban J connectivity index is 2.33. The van der Waals surface area contributed by atoms with Crippen LogP contribution in [0.1, 0.15) is 5.56 Å². The highest BCUT2D eigenvalue weighted by atomic mass is 32.2. The van der Waals surface area contributed by atoms with E-state index in [9.17, 15) is 13.2 Å². The smallest absolute Gasteiger partial charge is 0.321 e. The Bertz CT molecular complexity index is 526. The van der Waals surface area contributed by atoms with Crippen molar-refractivity contribution in [1.82, 2.24) is 0 Å². The minimum atomic E-state index is -3.54. The zero-order valence-corrected chi connectivity index (χ0v) is 10.7. The highest BCUT2D eigenvalue weighted by Crippen LogP contribution is 2.00. The van der Waals surface area contributed by atoms with E-state index in [0.29, 0.717) is 6.42 Å². The molecule has 0 radical (unpaired) electrons. The van der Waals surface area contributed by atoms with Crippen LogP contribution in [0.4, 0.5) is 0 Å². The van der Waals surface area contributed by atoms with Gasteiger partial charge in [-0.05, 0) is 5.56 Å². The van der Waals surface area contributed by atoms with E-state index in [1.165, 1.54) is 0 Å². The third kappa shape index (κ3) is 5.51. The molecule has 0 saturated heterocycles. The summed E-state index contributed by atoms with van der Waals surface area (Å²) < 4.78 is 27.3. The van der Waals surface area contributed by atoms with Gasteiger partial charge in [-0.25, -0.2) is 8.42 Å². The van der Waals surface area contributed by atoms with Crippen LogP contribution in [0.25, 0.3) is 0 Å². The van der Waals surface area contributed by atoms with Gasteiger partial charge < -0.3 is 4.74 Å². The molecule has 1 rings (SSSR count). The van der Waals surface area contributed by atoms with Crippen LogP contribution in [0.2, 0.25) is 0 Å². The maximum Gasteiger partial charge on any atom is 0.321 e. The Labute approximate surface area is 107 Å². The van der Waals surface area contributed by atoms with Crippen molar-refractivity contribution in [2.24, 2.45) is 0 Å². The van der Waals surface area contributed by atoms with E-state index in [0.717, 1.165) is 5.56 Å². The zero-order valence-electron chi connectivity index (χ0n) is 9.83. The monoisotopic (exact) mass is 266 g/mol. The molecule has 0 saturated carbocycles. The number of hydrogen-bond donors (Lipinski definition) is 0. The second kappa shape index (κ2) is 6.82. The summed E-state index contributed by atoms with van der Waals surface area (Å²) in [5.41, 5.74) is 1.02. The van der Waals surface area contributed by atoms with E-state index in [4.69, 9.17) is 11.2 Å². The fourth-order valence-electron chi connectivity index (χ4n) is 1.33. The lowest BCUT2D eigenvalue weighted by atomic mass is 10.2. The minimum absolute atomic E-state index is 0.161. The van der Waals surface area contributed by atoms with Crippen molar-refractivity contribution in [2.45, 2.75) is 6.42 Å². The van der Waals surface area contributed by atoms with E-state index in [-0.39, 0.29) is 6.61 Å². The highest BCUT2D eigenvalue weighted by molar-refractivity contribution is 7.92. The SMILES string of the molecule is C#CCS(=O)(=O)CC(=O)OCCc1ccccc1. The van der Waals surface area contributed by atoms with Gasteiger partial charge in [-0.2, -0.15) is 0 Å². The first-order valence-corrected chi connectivity index (χ1v) is 7.19. The number of carbonyl (C=O) groups excluding carboxylic acids is 1. The Kier molecular flexibility index (Phi) is 5.40. The first kappa shape index (κ1) is 14.3. The molecule has 18 heavy (non-hydrogen) atoms. The van der Waals surface area contributed by atoms with Crippen molar-refractivity contribution in [3.63, 3.8) is 0 Å². The maximum atomic E-state index is 11.3. The van der Waals surface area contributed by atoms with E-state index >= 15 is 0 Å². The number of carbonyl (C=O) groups is 1. The van der Waals surface area contributed by atoms with Crippen LogP contribution in [0, 0.1) is 12.3 Å². The van der Waals surface area contributed by atoms with Crippen LogP contribution >= 0.6 is 0 Å². The Morgan fingerprint density at radius 1 is 1.28 bits per heavy atom. The topological polar surface area (TPSA) is 60.4 Å². The average Bonchev–Trinajstić information content (AvgIpc) is 2.29. The van der Waals surface area contributed by atoms with Gasteiger partial charge >= 0.3 is 5.97 Å². The summed E-state index contributed by atoms with van der Waals surface area (Å²) in [5.74, 6) is 0.132. The molecule has 0 aliphatic rings. The molecule has 0 amide bonds. The van der Waals surface area contributed by atoms with Gasteiger partial charge in [0.2, 0.25) is 0 Å². The fraction of sp³-hybridized carbons (Fsp3) is 0.308. The lowest BCUT2D eigenvalue weighted by molar-refractivity contribution is -0.140. The molecule has 1 aromatic rings. The largest absolute Gasteiger partial charge is 0.465 e. The molecule has 0 bridgehead atoms. The van der Waals surface area contributed by atoms with Crippen molar-refractivity contribution < 1.29 is 17.9 Å². The molecule has 0 fully saturated rings. The fourth-order valence-corrected chi connectivity index (χ4v) is 2.13. The molecule has 0 atom stereocenters. The van der Waals surface area contributed by atoms with Gasteiger partial charge in [0.1, 0.15) is 11.5 Å². The summed E-state index contributed by atoms with van der Waals surface area (Å²) in [7, 11) is -3.54. The van der Waals surface area contributed by atoms with Crippen LogP contribution in [-0.2, 0) is 25.8 Å². The molecule has 4 nitrogen and oxygen atoms in total. The van der Waals surface area contributed by atoms with Gasteiger partial charge in [-0.1, -0.05) is 36.3 Å². The van der Waals surface area contributed by atoms with Crippen LogP contribution in [-0.4, -0.2) is 32.5 Å². The van der Waals surface area contributed by atoms with Gasteiger partial charge in [0.25, 0.3) is 0 Å². The number of esters is 1. The number of hydrogen-bond acceptors (Lipinski definition) is 4. The Morgan fingerprint density at radius 3 is 2.56 bits per heavy atom. The first-order valence-electron chi connectivity index (χ1n) is 5.37. The molecule has 96 valence electrons. The van der Waals surface area contributed by atoms with Crippen molar-refractivity contribution in [3.05, 3.63) is 35.9 Å². The summed E-state index contributed by atoms with van der Waals surface area (Å²) in [6.07, 6.45) is 5.44. The molecule has 0 aliphatic carbocycles. The lowest BCUT2D eigenvalue weighted by Gasteiger charge is -2.04. The van der Waals surface area contributed by atoms with Crippen molar-refractivity contribution in [2.75, 3.05) is 18.1 Å². The Morgan fingerprint density at radius 2 is 1.94 bits per heavy atom. The van der Waals surface area contributed by atoms with E-state index in [1.807, 2.05) is 36.3 Å². The standard InChI is InChI=1S/C13H14O4S/c1-2-10-18(15,16)11-13(14)17-9-8-12-6-4-3-5-7-12/h1,3-7H,8-11H2. The summed E-state index contributed by atoms with van der Waals surface area (Å²) >= 11 is 0. The van der Waals surface area contributed by atoms with Gasteiger partial charge in [-0.3, -0.25) is 4.79 Å². The molecule has 0 aliphatic heterocycles. The number of ether oxygens (including phenoxy) is 1. The molecule has 0 N–H and O–H groups in total. The summed E-state index contributed by atoms with van der Waals surface area (Å²) in [5, 5.41) is 0. The Hall–Kier alpha value is -1.80. The van der Waals surface area contributed by atoms with E-state index in [2.05, 4.69) is 0 Å². The van der Waals surface area contributed by atoms with Crippen LogP contribution in [0.5, 0.6) is 0 Å². The third-order valence-corrected chi connectivity index (χ3v) is 3.42. The van der Waals surface area contributed by atoms with Crippen molar-refractivity contribution >= 4 is 15.8 Å². The minimum Gasteiger partial charge on any atom is -0.465 e. The molecule has 0 unspecified atom stereocenters. The van der Waals surface area contributed by atoms with Gasteiger partial charge in [0, 0.05) is 6.42 Å². The number of benzene rings is 1. The first-order chi connectivity index (χ1) is 8.53. The number of sulfone groups is 1. The van der Waals surface area contributed by atoms with Crippen LogP contribution in [0.3, 0.4) is 0 Å².